The second-order valence-electron chi connectivity index (χ2n) is 4.52. The van der Waals surface area contributed by atoms with Crippen LogP contribution in [0.2, 0.25) is 0 Å². The van der Waals surface area contributed by atoms with Crippen molar-refractivity contribution in [3.05, 3.63) is 28.9 Å². The highest BCUT2D eigenvalue weighted by molar-refractivity contribution is 4.90. The summed E-state index contributed by atoms with van der Waals surface area (Å²) in [5.74, 6) is 0.489. The molecule has 1 heterocycles. The van der Waals surface area contributed by atoms with Gasteiger partial charge in [0.25, 0.3) is 5.56 Å². The first-order valence-corrected chi connectivity index (χ1v) is 5.92. The Morgan fingerprint density at radius 2 is 2.38 bits per heavy atom. The van der Waals surface area contributed by atoms with E-state index >= 15 is 0 Å². The van der Waals surface area contributed by atoms with Crippen molar-refractivity contribution < 1.29 is 5.11 Å². The molecular formula is C12H18N2O2. The molecule has 0 amide bonds. The van der Waals surface area contributed by atoms with E-state index in [9.17, 15) is 9.90 Å². The number of aliphatic hydroxyl groups is 1. The lowest BCUT2D eigenvalue weighted by Crippen LogP contribution is -2.35. The number of hydrogen-bond donors (Lipinski definition) is 1. The van der Waals surface area contributed by atoms with Gasteiger partial charge in [-0.2, -0.15) is 0 Å². The van der Waals surface area contributed by atoms with E-state index in [1.54, 1.807) is 17.0 Å². The summed E-state index contributed by atoms with van der Waals surface area (Å²) in [5, 5.41) is 9.71. The van der Waals surface area contributed by atoms with Crippen LogP contribution in [0.1, 0.15) is 38.6 Å². The summed E-state index contributed by atoms with van der Waals surface area (Å²) in [7, 11) is 0. The van der Waals surface area contributed by atoms with Crippen molar-refractivity contribution >= 4 is 0 Å². The Kier molecular flexibility index (Phi) is 3.39. The van der Waals surface area contributed by atoms with E-state index in [-0.39, 0.29) is 17.7 Å². The molecule has 1 fully saturated rings. The van der Waals surface area contributed by atoms with Gasteiger partial charge in [-0.25, -0.2) is 0 Å². The predicted molar refractivity (Wildman–Crippen MR) is 61.2 cm³/mol. The fourth-order valence-corrected chi connectivity index (χ4v) is 2.64. The van der Waals surface area contributed by atoms with Crippen molar-refractivity contribution in [1.29, 1.82) is 0 Å². The fourth-order valence-electron chi connectivity index (χ4n) is 2.64. The number of aliphatic hydroxyl groups excluding tert-OH is 1. The van der Waals surface area contributed by atoms with Gasteiger partial charge in [0, 0.05) is 18.4 Å². The molecule has 1 saturated carbocycles. The smallest absolute Gasteiger partial charge is 0.269 e. The molecule has 0 bridgehead atoms. The Labute approximate surface area is 95.0 Å². The maximum Gasteiger partial charge on any atom is 0.269 e. The van der Waals surface area contributed by atoms with Crippen LogP contribution in [-0.4, -0.2) is 20.8 Å². The largest absolute Gasteiger partial charge is 0.393 e. The van der Waals surface area contributed by atoms with Crippen molar-refractivity contribution in [2.75, 3.05) is 0 Å². The van der Waals surface area contributed by atoms with Gasteiger partial charge in [0.2, 0.25) is 0 Å². The summed E-state index contributed by atoms with van der Waals surface area (Å²) in [6, 6.07) is 0.129. The highest BCUT2D eigenvalue weighted by Gasteiger charge is 2.29. The summed E-state index contributed by atoms with van der Waals surface area (Å²) in [5.41, 5.74) is -0.0694. The number of nitrogens with zero attached hydrogens (tertiary/aromatic N) is 2. The molecule has 2 rings (SSSR count). The van der Waals surface area contributed by atoms with Crippen LogP contribution in [0.5, 0.6) is 0 Å². The second kappa shape index (κ2) is 4.78. The van der Waals surface area contributed by atoms with Gasteiger partial charge in [0.1, 0.15) is 0 Å². The van der Waals surface area contributed by atoms with Gasteiger partial charge in [-0.3, -0.25) is 9.78 Å². The molecule has 4 nitrogen and oxygen atoms in total. The lowest BCUT2D eigenvalue weighted by molar-refractivity contribution is 0.0699. The van der Waals surface area contributed by atoms with Crippen LogP contribution in [0, 0.1) is 5.92 Å². The van der Waals surface area contributed by atoms with Crippen LogP contribution >= 0.6 is 0 Å². The molecule has 1 aliphatic rings. The van der Waals surface area contributed by atoms with Crippen molar-refractivity contribution in [1.82, 2.24) is 9.55 Å². The van der Waals surface area contributed by atoms with Crippen LogP contribution in [0.25, 0.3) is 0 Å². The Bertz CT molecular complexity index is 402. The minimum atomic E-state index is -0.270. The average molecular weight is 222 g/mol. The maximum atomic E-state index is 11.7. The Morgan fingerprint density at radius 3 is 3.06 bits per heavy atom. The Hall–Kier alpha value is -1.16. The lowest BCUT2D eigenvalue weighted by Gasteiger charge is -2.34. The Balaban J connectivity index is 2.29. The maximum absolute atomic E-state index is 11.7. The van der Waals surface area contributed by atoms with Crippen LogP contribution in [-0.2, 0) is 0 Å². The van der Waals surface area contributed by atoms with Gasteiger partial charge in [-0.1, -0.05) is 13.3 Å². The number of hydrogen-bond acceptors (Lipinski definition) is 3. The third kappa shape index (κ3) is 2.16. The molecule has 0 spiro atoms. The molecule has 0 aliphatic heterocycles. The molecule has 4 heteroatoms. The van der Waals surface area contributed by atoms with E-state index in [1.807, 2.05) is 0 Å². The van der Waals surface area contributed by atoms with E-state index in [2.05, 4.69) is 11.9 Å². The standard InChI is InChI=1S/C12H18N2O2/c1-2-9-3-4-10(15)7-11(9)14-6-5-13-8-12(14)16/h5-6,8-11,15H,2-4,7H2,1H3. The van der Waals surface area contributed by atoms with Crippen LogP contribution in [0.4, 0.5) is 0 Å². The van der Waals surface area contributed by atoms with Crippen LogP contribution in [0.3, 0.4) is 0 Å². The zero-order valence-corrected chi connectivity index (χ0v) is 9.54. The van der Waals surface area contributed by atoms with Crippen LogP contribution in [0.15, 0.2) is 23.4 Å². The first-order valence-electron chi connectivity index (χ1n) is 5.92. The topological polar surface area (TPSA) is 55.1 Å². The van der Waals surface area contributed by atoms with Crippen molar-refractivity contribution in [2.24, 2.45) is 5.92 Å². The monoisotopic (exact) mass is 222 g/mol. The molecule has 1 aromatic heterocycles. The quantitative estimate of drug-likeness (QED) is 0.822. The van der Waals surface area contributed by atoms with E-state index in [0.717, 1.165) is 19.3 Å². The highest BCUT2D eigenvalue weighted by atomic mass is 16.3. The molecule has 0 radical (unpaired) electrons. The van der Waals surface area contributed by atoms with Gasteiger partial charge < -0.3 is 9.67 Å². The van der Waals surface area contributed by atoms with Gasteiger partial charge >= 0.3 is 0 Å². The third-order valence-electron chi connectivity index (χ3n) is 3.56. The minimum absolute atomic E-state index is 0.0694. The predicted octanol–water partition coefficient (Wildman–Crippen LogP) is 1.36. The molecule has 0 saturated heterocycles. The zero-order valence-electron chi connectivity index (χ0n) is 9.54. The molecule has 1 aromatic rings. The second-order valence-corrected chi connectivity index (χ2v) is 4.52. The molecule has 1 N–H and O–H groups in total. The van der Waals surface area contributed by atoms with E-state index in [4.69, 9.17) is 0 Å². The fraction of sp³-hybridized carbons (Fsp3) is 0.667. The van der Waals surface area contributed by atoms with Crippen LogP contribution < -0.4 is 5.56 Å². The Morgan fingerprint density at radius 1 is 1.56 bits per heavy atom. The molecule has 88 valence electrons. The molecular weight excluding hydrogens is 204 g/mol. The number of aromatic nitrogens is 2. The third-order valence-corrected chi connectivity index (χ3v) is 3.56. The van der Waals surface area contributed by atoms with Gasteiger partial charge in [0.05, 0.1) is 12.3 Å². The van der Waals surface area contributed by atoms with E-state index < -0.39 is 0 Å². The normalized spacial score (nSPS) is 30.2. The molecule has 16 heavy (non-hydrogen) atoms. The summed E-state index contributed by atoms with van der Waals surface area (Å²) in [4.78, 5) is 15.5. The summed E-state index contributed by atoms with van der Waals surface area (Å²) < 4.78 is 1.73. The molecule has 1 aliphatic carbocycles. The first-order chi connectivity index (χ1) is 7.72. The van der Waals surface area contributed by atoms with Gasteiger partial charge in [-0.15, -0.1) is 0 Å². The van der Waals surface area contributed by atoms with Gasteiger partial charge in [0.15, 0.2) is 0 Å². The summed E-state index contributed by atoms with van der Waals surface area (Å²) >= 11 is 0. The van der Waals surface area contributed by atoms with E-state index in [1.165, 1.54) is 6.20 Å². The first kappa shape index (κ1) is 11.3. The zero-order chi connectivity index (χ0) is 11.5. The van der Waals surface area contributed by atoms with Crippen molar-refractivity contribution in [3.63, 3.8) is 0 Å². The minimum Gasteiger partial charge on any atom is -0.393 e. The van der Waals surface area contributed by atoms with Crippen molar-refractivity contribution in [2.45, 2.75) is 44.8 Å². The van der Waals surface area contributed by atoms with Gasteiger partial charge in [-0.05, 0) is 25.2 Å². The lowest BCUT2D eigenvalue weighted by atomic mass is 9.81. The van der Waals surface area contributed by atoms with E-state index in [0.29, 0.717) is 12.3 Å². The SMILES string of the molecule is CCC1CCC(O)CC1n1ccncc1=O. The highest BCUT2D eigenvalue weighted by Crippen LogP contribution is 2.35. The van der Waals surface area contributed by atoms with Crippen molar-refractivity contribution in [3.8, 4) is 0 Å². The molecule has 3 unspecified atom stereocenters. The summed E-state index contributed by atoms with van der Waals surface area (Å²) in [6.07, 6.45) is 8.02. The summed E-state index contributed by atoms with van der Waals surface area (Å²) in [6.45, 7) is 2.14. The molecule has 3 atom stereocenters. The number of rotatable bonds is 2. The molecule has 0 aromatic carbocycles. The average Bonchev–Trinajstić information content (AvgIpc) is 2.29.